The van der Waals surface area contributed by atoms with Crippen molar-refractivity contribution in [3.05, 3.63) is 77.0 Å². The van der Waals surface area contributed by atoms with E-state index in [1.807, 2.05) is 30.3 Å². The van der Waals surface area contributed by atoms with E-state index in [0.717, 1.165) is 5.56 Å². The Morgan fingerprint density at radius 2 is 1.71 bits per heavy atom. The van der Waals surface area contributed by atoms with Crippen LogP contribution in [-0.4, -0.2) is 56.9 Å². The summed E-state index contributed by atoms with van der Waals surface area (Å²) in [7, 11) is 0. The average Bonchev–Trinajstić information content (AvgIpc) is 2.86. The standard InChI is InChI=1S/C27H24N2O8S/c1-15(30)36-20-11-9-18(12-21(20)37-16(2)31)8-10-19-14-38-26-23(25(33)29(26)24(19)27(34)35)28-22(32)13-17-6-4-3-5-7-17/h3-12,23,26H,13-14H2,1-2H3,(H,28,32)(H,34,35)/t23-,26-/m1/s1. The zero-order valence-electron chi connectivity index (χ0n) is 20.5. The fourth-order valence-corrected chi connectivity index (χ4v) is 5.39. The lowest BCUT2D eigenvalue weighted by molar-refractivity contribution is -0.150. The minimum Gasteiger partial charge on any atom is -0.477 e. The highest BCUT2D eigenvalue weighted by molar-refractivity contribution is 8.00. The van der Waals surface area contributed by atoms with Gasteiger partial charge in [-0.3, -0.25) is 24.1 Å². The number of carbonyl (C=O) groups is 5. The molecule has 2 amide bonds. The third-order valence-electron chi connectivity index (χ3n) is 5.68. The number of β-lactam (4-membered cyclic amide) rings is 1. The van der Waals surface area contributed by atoms with Gasteiger partial charge in [0.1, 0.15) is 17.1 Å². The summed E-state index contributed by atoms with van der Waals surface area (Å²) in [5.74, 6) is -2.86. The lowest BCUT2D eigenvalue weighted by Crippen LogP contribution is -2.70. The van der Waals surface area contributed by atoms with Gasteiger partial charge >= 0.3 is 17.9 Å². The number of allylic oxidation sites excluding steroid dienone is 1. The maximum atomic E-state index is 12.9. The molecule has 2 heterocycles. The van der Waals surface area contributed by atoms with Gasteiger partial charge in [-0.1, -0.05) is 48.6 Å². The molecule has 2 atom stereocenters. The Hall–Kier alpha value is -4.38. The molecule has 2 N–H and O–H groups in total. The third kappa shape index (κ3) is 5.94. The van der Waals surface area contributed by atoms with Crippen molar-refractivity contribution in [1.82, 2.24) is 10.2 Å². The molecule has 2 aliphatic heterocycles. The van der Waals surface area contributed by atoms with Gasteiger partial charge in [0, 0.05) is 19.6 Å². The summed E-state index contributed by atoms with van der Waals surface area (Å²) in [6.07, 6.45) is 3.29. The van der Waals surface area contributed by atoms with Crippen LogP contribution in [0.1, 0.15) is 25.0 Å². The van der Waals surface area contributed by atoms with Gasteiger partial charge in [-0.2, -0.15) is 0 Å². The summed E-state index contributed by atoms with van der Waals surface area (Å²) in [4.78, 5) is 61.4. The first kappa shape index (κ1) is 26.7. The van der Waals surface area contributed by atoms with Crippen molar-refractivity contribution < 1.29 is 38.6 Å². The molecular weight excluding hydrogens is 512 g/mol. The van der Waals surface area contributed by atoms with Gasteiger partial charge in [0.15, 0.2) is 11.5 Å². The highest BCUT2D eigenvalue weighted by atomic mass is 32.2. The molecule has 10 nitrogen and oxygen atoms in total. The fourth-order valence-electron chi connectivity index (χ4n) is 4.08. The maximum absolute atomic E-state index is 12.9. The van der Waals surface area contributed by atoms with Gasteiger partial charge in [-0.25, -0.2) is 4.79 Å². The lowest BCUT2D eigenvalue weighted by Gasteiger charge is -2.49. The number of esters is 2. The molecule has 0 saturated carbocycles. The van der Waals surface area contributed by atoms with E-state index in [-0.39, 0.29) is 29.5 Å². The number of hydrogen-bond donors (Lipinski definition) is 2. The number of carboxylic acids is 1. The van der Waals surface area contributed by atoms with Crippen molar-refractivity contribution in [2.75, 3.05) is 5.75 Å². The smallest absolute Gasteiger partial charge is 0.352 e. The first-order valence-corrected chi connectivity index (χ1v) is 12.6. The van der Waals surface area contributed by atoms with E-state index < -0.39 is 35.2 Å². The molecule has 2 aliphatic rings. The number of nitrogens with one attached hydrogen (secondary N) is 1. The molecule has 2 aromatic rings. The molecule has 0 aromatic heterocycles. The van der Waals surface area contributed by atoms with Crippen LogP contribution < -0.4 is 14.8 Å². The Bertz CT molecular complexity index is 1370. The van der Waals surface area contributed by atoms with Crippen molar-refractivity contribution in [3.8, 4) is 11.5 Å². The zero-order valence-corrected chi connectivity index (χ0v) is 21.3. The van der Waals surface area contributed by atoms with E-state index in [9.17, 15) is 29.1 Å². The van der Waals surface area contributed by atoms with Crippen molar-refractivity contribution in [2.45, 2.75) is 31.7 Å². The van der Waals surface area contributed by atoms with Crippen LogP contribution in [0.15, 0.2) is 65.9 Å². The third-order valence-corrected chi connectivity index (χ3v) is 6.98. The van der Waals surface area contributed by atoms with Gasteiger partial charge in [0.25, 0.3) is 5.91 Å². The predicted octanol–water partition coefficient (Wildman–Crippen LogP) is 2.53. The van der Waals surface area contributed by atoms with Crippen molar-refractivity contribution >= 4 is 47.6 Å². The Morgan fingerprint density at radius 3 is 2.37 bits per heavy atom. The van der Waals surface area contributed by atoms with Crippen molar-refractivity contribution in [1.29, 1.82) is 0 Å². The molecule has 196 valence electrons. The summed E-state index contributed by atoms with van der Waals surface area (Å²) < 4.78 is 10.2. The molecule has 0 spiro atoms. The minimum atomic E-state index is -1.26. The highest BCUT2D eigenvalue weighted by Gasteiger charge is 2.53. The topological polar surface area (TPSA) is 139 Å². The van der Waals surface area contributed by atoms with Crippen molar-refractivity contribution in [2.24, 2.45) is 0 Å². The van der Waals surface area contributed by atoms with Crippen LogP contribution in [0.25, 0.3) is 6.08 Å². The lowest BCUT2D eigenvalue weighted by atomic mass is 10.0. The molecule has 4 rings (SSSR count). The molecule has 1 saturated heterocycles. The Balaban J connectivity index is 1.51. The second kappa shape index (κ2) is 11.3. The molecule has 0 aliphatic carbocycles. The number of nitrogens with zero attached hydrogens (tertiary/aromatic N) is 1. The molecule has 2 aromatic carbocycles. The number of carbonyl (C=O) groups excluding carboxylic acids is 4. The minimum absolute atomic E-state index is 0.0346. The molecule has 11 heteroatoms. The number of carboxylic acid groups (broad SMARTS) is 1. The van der Waals surface area contributed by atoms with E-state index in [0.29, 0.717) is 16.9 Å². The number of fused-ring (bicyclic) bond motifs is 1. The predicted molar refractivity (Wildman–Crippen MR) is 138 cm³/mol. The normalized spacial score (nSPS) is 18.5. The summed E-state index contributed by atoms with van der Waals surface area (Å²) in [5.41, 5.74) is 1.60. The Kier molecular flexibility index (Phi) is 7.96. The number of benzene rings is 2. The molecule has 38 heavy (non-hydrogen) atoms. The van der Waals surface area contributed by atoms with Crippen LogP contribution in [0.2, 0.25) is 0 Å². The van der Waals surface area contributed by atoms with E-state index in [1.165, 1.54) is 42.6 Å². The van der Waals surface area contributed by atoms with Gasteiger partial charge in [-0.05, 0) is 28.8 Å². The van der Waals surface area contributed by atoms with E-state index in [2.05, 4.69) is 5.32 Å². The quantitative estimate of drug-likeness (QED) is 0.296. The fraction of sp³-hybridized carbons (Fsp3) is 0.222. The summed E-state index contributed by atoms with van der Waals surface area (Å²) in [6, 6.07) is 12.8. The molecule has 1 fully saturated rings. The van der Waals surface area contributed by atoms with Crippen LogP contribution in [-0.2, 0) is 30.4 Å². The largest absolute Gasteiger partial charge is 0.477 e. The van der Waals surface area contributed by atoms with Crippen LogP contribution >= 0.6 is 11.8 Å². The van der Waals surface area contributed by atoms with Gasteiger partial charge in [0.05, 0.1) is 6.42 Å². The second-order valence-corrected chi connectivity index (χ2v) is 9.63. The zero-order chi connectivity index (χ0) is 27.4. The number of hydrogen-bond acceptors (Lipinski definition) is 8. The molecule has 0 bridgehead atoms. The van der Waals surface area contributed by atoms with Crippen LogP contribution in [0.5, 0.6) is 11.5 Å². The van der Waals surface area contributed by atoms with Crippen LogP contribution in [0.3, 0.4) is 0 Å². The summed E-state index contributed by atoms with van der Waals surface area (Å²) in [5, 5.41) is 12.1. The second-order valence-electron chi connectivity index (χ2n) is 8.52. The van der Waals surface area contributed by atoms with Crippen LogP contribution in [0, 0.1) is 0 Å². The van der Waals surface area contributed by atoms with E-state index in [4.69, 9.17) is 9.47 Å². The highest BCUT2D eigenvalue weighted by Crippen LogP contribution is 2.41. The number of thioether (sulfide) groups is 1. The molecule has 0 unspecified atom stereocenters. The van der Waals surface area contributed by atoms with Gasteiger partial charge in [-0.15, -0.1) is 11.8 Å². The number of amides is 2. The van der Waals surface area contributed by atoms with E-state index >= 15 is 0 Å². The number of rotatable bonds is 8. The first-order valence-electron chi connectivity index (χ1n) is 11.6. The van der Waals surface area contributed by atoms with Crippen LogP contribution in [0.4, 0.5) is 0 Å². The number of aliphatic carboxylic acids is 1. The first-order chi connectivity index (χ1) is 18.1. The summed E-state index contributed by atoms with van der Waals surface area (Å²) >= 11 is 1.35. The number of ether oxygens (including phenoxy) is 2. The monoisotopic (exact) mass is 536 g/mol. The summed E-state index contributed by atoms with van der Waals surface area (Å²) in [6.45, 7) is 2.43. The maximum Gasteiger partial charge on any atom is 0.352 e. The molecule has 0 radical (unpaired) electrons. The Labute approximate surface area is 222 Å². The van der Waals surface area contributed by atoms with Gasteiger partial charge in [0.2, 0.25) is 5.91 Å². The molecular formula is C27H24N2O8S. The van der Waals surface area contributed by atoms with Gasteiger partial charge < -0.3 is 19.9 Å². The SMILES string of the molecule is CC(=O)Oc1ccc(C=CC2=C(C(=O)O)N3C(=O)[C@@H](NC(=O)Cc4ccccc4)[C@H]3SC2)cc1OC(C)=O. The Morgan fingerprint density at radius 1 is 1.03 bits per heavy atom. The van der Waals surface area contributed by atoms with E-state index in [1.54, 1.807) is 18.2 Å². The van der Waals surface area contributed by atoms with Crippen molar-refractivity contribution in [3.63, 3.8) is 0 Å². The average molecular weight is 537 g/mol.